The fourth-order valence-corrected chi connectivity index (χ4v) is 2.53. The summed E-state index contributed by atoms with van der Waals surface area (Å²) < 4.78 is 6.20. The Balaban J connectivity index is 2.24. The number of aromatic nitrogens is 2. The van der Waals surface area contributed by atoms with E-state index in [9.17, 15) is 19.5 Å². The van der Waals surface area contributed by atoms with E-state index in [2.05, 4.69) is 15.6 Å². The molecule has 2 heterocycles. The zero-order valence-corrected chi connectivity index (χ0v) is 12.3. The molecule has 1 aromatic carbocycles. The number of phenols is 1. The molecule has 0 radical (unpaired) electrons. The van der Waals surface area contributed by atoms with E-state index in [-0.39, 0.29) is 22.9 Å². The van der Waals surface area contributed by atoms with Gasteiger partial charge >= 0.3 is 11.7 Å². The maximum atomic E-state index is 12.2. The molecule has 4 N–H and O–H groups in total. The largest absolute Gasteiger partial charge is 0.504 e. The Morgan fingerprint density at radius 1 is 1.26 bits per heavy atom. The van der Waals surface area contributed by atoms with E-state index < -0.39 is 23.3 Å². The monoisotopic (exact) mass is 318 g/mol. The first-order chi connectivity index (χ1) is 10.9. The van der Waals surface area contributed by atoms with Crippen LogP contribution in [0.3, 0.4) is 0 Å². The third-order valence-electron chi connectivity index (χ3n) is 3.69. The van der Waals surface area contributed by atoms with Crippen molar-refractivity contribution in [2.24, 2.45) is 7.05 Å². The lowest BCUT2D eigenvalue weighted by atomic mass is 9.98. The number of carbonyl (C=O) groups is 1. The number of phenolic OH excluding ortho intramolecular Hbond substituents is 1. The summed E-state index contributed by atoms with van der Waals surface area (Å²) in [6.07, 6.45) is 0. The number of hydrogen-bond donors (Lipinski definition) is 4. The Hall–Kier alpha value is -3.23. The molecule has 9 heteroatoms. The fraction of sp³-hybridized carbons (Fsp3) is 0.214. The molecule has 1 aliphatic heterocycles. The number of carbonyl (C=O) groups excluding carboxylic acids is 1. The van der Waals surface area contributed by atoms with Crippen LogP contribution in [0.1, 0.15) is 17.2 Å². The normalized spacial score (nSPS) is 16.3. The van der Waals surface area contributed by atoms with Crippen molar-refractivity contribution in [3.05, 3.63) is 50.2 Å². The molecule has 23 heavy (non-hydrogen) atoms. The molecule has 1 unspecified atom stereocenters. The number of hydrogen-bond acceptors (Lipinski definition) is 5. The second kappa shape index (κ2) is 5.20. The topological polar surface area (TPSA) is 125 Å². The Morgan fingerprint density at radius 3 is 2.70 bits per heavy atom. The van der Waals surface area contributed by atoms with Crippen LogP contribution < -0.4 is 26.6 Å². The molecule has 1 aromatic heterocycles. The maximum absolute atomic E-state index is 12.2. The number of fused-ring (bicyclic) bond motifs is 1. The van der Waals surface area contributed by atoms with E-state index in [1.807, 2.05) is 0 Å². The van der Waals surface area contributed by atoms with Crippen LogP contribution in [0.4, 0.5) is 10.6 Å². The molecule has 1 atom stereocenters. The average molecular weight is 318 g/mol. The minimum absolute atomic E-state index is 0.0638. The van der Waals surface area contributed by atoms with Crippen LogP contribution in [0, 0.1) is 0 Å². The SMILES string of the molecule is COc1cc(C2NC(=O)Nc3c2c(=O)[nH]c(=O)n3C)ccc1O. The first-order valence-electron chi connectivity index (χ1n) is 6.70. The van der Waals surface area contributed by atoms with Crippen LogP contribution in [0.15, 0.2) is 27.8 Å². The van der Waals surface area contributed by atoms with E-state index >= 15 is 0 Å². The Labute approximate surface area is 129 Å². The smallest absolute Gasteiger partial charge is 0.329 e. The molecule has 0 spiro atoms. The average Bonchev–Trinajstić information content (AvgIpc) is 2.52. The molecular weight excluding hydrogens is 304 g/mol. The number of rotatable bonds is 2. The number of methoxy groups -OCH3 is 1. The number of aromatic hydroxyl groups is 1. The Morgan fingerprint density at radius 2 is 2.00 bits per heavy atom. The Bertz CT molecular complexity index is 914. The van der Waals surface area contributed by atoms with Crippen LogP contribution in [-0.4, -0.2) is 27.8 Å². The predicted octanol–water partition coefficient (Wildman–Crippen LogP) is 0.0123. The summed E-state index contributed by atoms with van der Waals surface area (Å²) >= 11 is 0. The number of nitrogens with one attached hydrogen (secondary N) is 3. The minimum Gasteiger partial charge on any atom is -0.504 e. The van der Waals surface area contributed by atoms with Crippen LogP contribution in [0.25, 0.3) is 0 Å². The van der Waals surface area contributed by atoms with Crippen molar-refractivity contribution in [1.29, 1.82) is 0 Å². The number of H-pyrrole nitrogens is 1. The third kappa shape index (κ3) is 2.31. The van der Waals surface area contributed by atoms with Crippen molar-refractivity contribution in [3.63, 3.8) is 0 Å². The summed E-state index contributed by atoms with van der Waals surface area (Å²) in [7, 11) is 2.83. The van der Waals surface area contributed by atoms with Crippen molar-refractivity contribution < 1.29 is 14.6 Å². The summed E-state index contributed by atoms with van der Waals surface area (Å²) in [5.74, 6) is 0.267. The highest BCUT2D eigenvalue weighted by molar-refractivity contribution is 5.92. The number of anilines is 1. The first-order valence-corrected chi connectivity index (χ1v) is 6.70. The van der Waals surface area contributed by atoms with Crippen molar-refractivity contribution in [2.45, 2.75) is 6.04 Å². The molecule has 2 aromatic rings. The molecular formula is C14H14N4O5. The van der Waals surface area contributed by atoms with Gasteiger partial charge in [-0.3, -0.25) is 19.7 Å². The summed E-state index contributed by atoms with van der Waals surface area (Å²) in [5.41, 5.74) is -0.509. The van der Waals surface area contributed by atoms with Gasteiger partial charge in [-0.15, -0.1) is 0 Å². The summed E-state index contributed by atoms with van der Waals surface area (Å²) in [4.78, 5) is 38.0. The molecule has 1 aliphatic rings. The van der Waals surface area contributed by atoms with Crippen LogP contribution in [0.2, 0.25) is 0 Å². The van der Waals surface area contributed by atoms with Crippen molar-refractivity contribution in [3.8, 4) is 11.5 Å². The van der Waals surface area contributed by atoms with Gasteiger partial charge in [-0.05, 0) is 17.7 Å². The van der Waals surface area contributed by atoms with Gasteiger partial charge < -0.3 is 15.2 Å². The second-order valence-corrected chi connectivity index (χ2v) is 5.04. The highest BCUT2D eigenvalue weighted by Crippen LogP contribution is 2.33. The van der Waals surface area contributed by atoms with Gasteiger partial charge in [-0.2, -0.15) is 0 Å². The fourth-order valence-electron chi connectivity index (χ4n) is 2.53. The zero-order chi connectivity index (χ0) is 16.7. The van der Waals surface area contributed by atoms with Crippen LogP contribution >= 0.6 is 0 Å². The Kier molecular flexibility index (Phi) is 3.32. The maximum Gasteiger partial charge on any atom is 0.329 e. The highest BCUT2D eigenvalue weighted by Gasteiger charge is 2.31. The van der Waals surface area contributed by atoms with Crippen molar-refractivity contribution >= 4 is 11.8 Å². The van der Waals surface area contributed by atoms with E-state index in [0.717, 1.165) is 4.57 Å². The number of aromatic amines is 1. The molecule has 0 aliphatic carbocycles. The molecule has 9 nitrogen and oxygen atoms in total. The van der Waals surface area contributed by atoms with Gasteiger partial charge in [0.2, 0.25) is 0 Å². The third-order valence-corrected chi connectivity index (χ3v) is 3.69. The van der Waals surface area contributed by atoms with Crippen molar-refractivity contribution in [1.82, 2.24) is 14.9 Å². The summed E-state index contributed by atoms with van der Waals surface area (Å²) in [5, 5.41) is 14.8. The number of urea groups is 1. The first kappa shape index (κ1) is 14.7. The predicted molar refractivity (Wildman–Crippen MR) is 81.0 cm³/mol. The lowest BCUT2D eigenvalue weighted by Crippen LogP contribution is -2.46. The van der Waals surface area contributed by atoms with Gasteiger partial charge in [0, 0.05) is 7.05 Å². The van der Waals surface area contributed by atoms with Gasteiger partial charge in [0.15, 0.2) is 11.5 Å². The van der Waals surface area contributed by atoms with E-state index in [1.165, 1.54) is 26.3 Å². The quantitative estimate of drug-likeness (QED) is 0.621. The van der Waals surface area contributed by atoms with Gasteiger partial charge in [-0.25, -0.2) is 9.59 Å². The van der Waals surface area contributed by atoms with E-state index in [4.69, 9.17) is 4.74 Å². The minimum atomic E-state index is -0.788. The van der Waals surface area contributed by atoms with Crippen LogP contribution in [-0.2, 0) is 7.05 Å². The van der Waals surface area contributed by atoms with Crippen LogP contribution in [0.5, 0.6) is 11.5 Å². The van der Waals surface area contributed by atoms with Gasteiger partial charge in [0.25, 0.3) is 5.56 Å². The molecule has 0 bridgehead atoms. The van der Waals surface area contributed by atoms with Crippen molar-refractivity contribution in [2.75, 3.05) is 12.4 Å². The number of benzene rings is 1. The van der Waals surface area contributed by atoms with E-state index in [1.54, 1.807) is 6.07 Å². The molecule has 120 valence electrons. The van der Waals surface area contributed by atoms with Gasteiger partial charge in [0.1, 0.15) is 5.82 Å². The number of amides is 2. The standard InChI is InChI=1S/C14H14N4O5/c1-18-11-9(12(20)17-14(18)22)10(15-13(21)16-11)6-3-4-7(19)8(5-6)23-2/h3-5,10,19H,1-2H3,(H2,15,16,21)(H,17,20,22). The molecule has 0 saturated heterocycles. The number of ether oxygens (including phenoxy) is 1. The molecule has 3 rings (SSSR count). The zero-order valence-electron chi connectivity index (χ0n) is 12.3. The highest BCUT2D eigenvalue weighted by atomic mass is 16.5. The molecule has 0 fully saturated rings. The lowest BCUT2D eigenvalue weighted by molar-refractivity contribution is 0.248. The van der Waals surface area contributed by atoms with Gasteiger partial charge in [-0.1, -0.05) is 6.07 Å². The lowest BCUT2D eigenvalue weighted by Gasteiger charge is -2.27. The summed E-state index contributed by atoms with van der Waals surface area (Å²) in [6.45, 7) is 0. The number of nitrogens with zero attached hydrogens (tertiary/aromatic N) is 1. The second-order valence-electron chi connectivity index (χ2n) is 5.04. The summed E-state index contributed by atoms with van der Waals surface area (Å²) in [6, 6.07) is 3.14. The van der Waals surface area contributed by atoms with Gasteiger partial charge in [0.05, 0.1) is 18.7 Å². The van der Waals surface area contributed by atoms with E-state index in [0.29, 0.717) is 5.56 Å². The molecule has 0 saturated carbocycles. The molecule has 2 amide bonds.